The van der Waals surface area contributed by atoms with Crippen LogP contribution in [0.4, 0.5) is 19.4 Å². The highest BCUT2D eigenvalue weighted by Gasteiger charge is 2.27. The van der Waals surface area contributed by atoms with Gasteiger partial charge in [0.25, 0.3) is 0 Å². The van der Waals surface area contributed by atoms with Crippen LogP contribution in [0.15, 0.2) is 42.5 Å². The molecule has 0 saturated heterocycles. The highest BCUT2D eigenvalue weighted by atomic mass is 19.1. The van der Waals surface area contributed by atoms with Gasteiger partial charge in [0.1, 0.15) is 22.9 Å². The highest BCUT2D eigenvalue weighted by Crippen LogP contribution is 2.37. The Morgan fingerprint density at radius 3 is 2.31 bits per heavy atom. The van der Waals surface area contributed by atoms with E-state index in [2.05, 4.69) is 22.3 Å². The van der Waals surface area contributed by atoms with Crippen molar-refractivity contribution in [2.75, 3.05) is 5.73 Å². The first-order chi connectivity index (χ1) is 19.5. The second-order valence-electron chi connectivity index (χ2n) is 12.5. The molecule has 3 N–H and O–H groups in total. The second-order valence-corrected chi connectivity index (χ2v) is 12.5. The highest BCUT2D eigenvalue weighted by molar-refractivity contribution is 6.02. The monoisotopic (exact) mass is 573 g/mol. The maximum Gasteiger partial charge on any atom is 0.408 e. The Kier molecular flexibility index (Phi) is 8.31. The van der Waals surface area contributed by atoms with Gasteiger partial charge in [-0.2, -0.15) is 5.10 Å². The number of hydrogen-bond acceptors (Lipinski definition) is 5. The molecule has 1 amide bonds. The van der Waals surface area contributed by atoms with Crippen molar-refractivity contribution in [1.29, 1.82) is 0 Å². The Hall–Kier alpha value is -4.45. The Bertz CT molecular complexity index is 1700. The molecule has 2 aromatic carbocycles. The van der Waals surface area contributed by atoms with E-state index in [1.165, 1.54) is 12.1 Å². The quantitative estimate of drug-likeness (QED) is 0.251. The molecule has 2 heterocycles. The molecule has 220 valence electrons. The summed E-state index contributed by atoms with van der Waals surface area (Å²) < 4.78 is 35.8. The number of alkyl carbamates (subject to hydrolysis) is 1. The zero-order valence-electron chi connectivity index (χ0n) is 25.3. The van der Waals surface area contributed by atoms with Crippen LogP contribution in [0.3, 0.4) is 0 Å². The minimum atomic E-state index is -0.839. The predicted octanol–water partition coefficient (Wildman–Crippen LogP) is 7.01. The number of nitrogens with one attached hydrogen (secondary N) is 1. The summed E-state index contributed by atoms with van der Waals surface area (Å²) in [7, 11) is 1.81. The number of aromatic nitrogens is 3. The summed E-state index contributed by atoms with van der Waals surface area (Å²) in [5.41, 5.74) is 9.71. The summed E-state index contributed by atoms with van der Waals surface area (Å²) in [6, 6.07) is 10.0. The minimum Gasteiger partial charge on any atom is -0.444 e. The van der Waals surface area contributed by atoms with E-state index < -0.39 is 29.4 Å². The number of pyridine rings is 1. The molecule has 2 aromatic heterocycles. The molecular formula is C33H37F2N5O2. The van der Waals surface area contributed by atoms with E-state index in [1.54, 1.807) is 25.5 Å². The number of carbonyl (C=O) groups excluding carboxylic acids is 1. The Morgan fingerprint density at radius 2 is 1.69 bits per heavy atom. The van der Waals surface area contributed by atoms with Crippen LogP contribution in [0.1, 0.15) is 70.1 Å². The van der Waals surface area contributed by atoms with Crippen LogP contribution in [0.2, 0.25) is 0 Å². The van der Waals surface area contributed by atoms with Crippen molar-refractivity contribution in [2.45, 2.75) is 66.5 Å². The molecule has 4 aromatic rings. The molecule has 0 aliphatic heterocycles. The van der Waals surface area contributed by atoms with Crippen LogP contribution >= 0.6 is 0 Å². The lowest BCUT2D eigenvalue weighted by Crippen LogP contribution is -2.36. The predicted molar refractivity (Wildman–Crippen MR) is 162 cm³/mol. The van der Waals surface area contributed by atoms with Crippen molar-refractivity contribution in [3.8, 4) is 23.0 Å². The van der Waals surface area contributed by atoms with Gasteiger partial charge in [0.05, 0.1) is 17.3 Å². The van der Waals surface area contributed by atoms with Gasteiger partial charge >= 0.3 is 6.09 Å². The van der Waals surface area contributed by atoms with Crippen LogP contribution in [0, 0.1) is 35.8 Å². The largest absolute Gasteiger partial charge is 0.444 e. The number of nitrogens with zero attached hydrogens (tertiary/aromatic N) is 3. The van der Waals surface area contributed by atoms with Crippen LogP contribution in [0.25, 0.3) is 22.0 Å². The van der Waals surface area contributed by atoms with Gasteiger partial charge in [-0.25, -0.2) is 18.6 Å². The van der Waals surface area contributed by atoms with Gasteiger partial charge in [-0.15, -0.1) is 0 Å². The number of anilines is 1. The number of halogens is 2. The minimum absolute atomic E-state index is 0.0343. The zero-order chi connectivity index (χ0) is 31.0. The molecule has 0 fully saturated rings. The Balaban J connectivity index is 1.98. The third kappa shape index (κ3) is 7.24. The molecular weight excluding hydrogens is 536 g/mol. The van der Waals surface area contributed by atoms with Crippen molar-refractivity contribution >= 4 is 22.8 Å². The van der Waals surface area contributed by atoms with E-state index in [1.807, 2.05) is 59.0 Å². The van der Waals surface area contributed by atoms with Gasteiger partial charge < -0.3 is 15.8 Å². The van der Waals surface area contributed by atoms with Gasteiger partial charge in [-0.05, 0) is 96.2 Å². The first-order valence-electron chi connectivity index (χ1n) is 13.7. The normalized spacial score (nSPS) is 12.5. The average Bonchev–Trinajstić information content (AvgIpc) is 3.15. The smallest absolute Gasteiger partial charge is 0.408 e. The fourth-order valence-corrected chi connectivity index (χ4v) is 4.75. The molecule has 0 aliphatic rings. The van der Waals surface area contributed by atoms with Gasteiger partial charge in [0.15, 0.2) is 5.82 Å². The number of hydrogen-bond donors (Lipinski definition) is 2. The molecule has 4 rings (SSSR count). The number of aryl methyl sites for hydroxylation is 2. The maximum atomic E-state index is 14.2. The number of nitrogens with two attached hydrogens (primary N) is 1. The number of carbonyl (C=O) groups is 1. The van der Waals surface area contributed by atoms with Gasteiger partial charge in [0, 0.05) is 35.0 Å². The molecule has 1 unspecified atom stereocenters. The number of rotatable bonds is 5. The van der Waals surface area contributed by atoms with Gasteiger partial charge in [-0.1, -0.05) is 18.1 Å². The lowest BCUT2D eigenvalue weighted by Gasteiger charge is -2.25. The second kappa shape index (κ2) is 11.4. The molecule has 42 heavy (non-hydrogen) atoms. The van der Waals surface area contributed by atoms with Crippen molar-refractivity contribution in [3.63, 3.8) is 0 Å². The Morgan fingerprint density at radius 1 is 1.05 bits per heavy atom. The summed E-state index contributed by atoms with van der Waals surface area (Å²) in [6.45, 7) is 13.2. The van der Waals surface area contributed by atoms with Crippen LogP contribution in [0.5, 0.6) is 0 Å². The molecule has 0 bridgehead atoms. The summed E-state index contributed by atoms with van der Waals surface area (Å²) in [6.07, 6.45) is -0.658. The summed E-state index contributed by atoms with van der Waals surface area (Å²) >= 11 is 0. The molecule has 0 saturated carbocycles. The van der Waals surface area contributed by atoms with Crippen molar-refractivity contribution in [2.24, 2.45) is 12.5 Å². The summed E-state index contributed by atoms with van der Waals surface area (Å²) in [5.74, 6) is 5.29. The van der Waals surface area contributed by atoms with Crippen molar-refractivity contribution < 1.29 is 18.3 Å². The molecule has 9 heteroatoms. The molecule has 7 nitrogen and oxygen atoms in total. The zero-order valence-corrected chi connectivity index (χ0v) is 25.3. The van der Waals surface area contributed by atoms with Crippen molar-refractivity contribution in [1.82, 2.24) is 20.1 Å². The number of fused-ring (bicyclic) bond motifs is 1. The van der Waals surface area contributed by atoms with E-state index in [9.17, 15) is 13.6 Å². The topological polar surface area (TPSA) is 95.1 Å². The van der Waals surface area contributed by atoms with Crippen LogP contribution < -0.4 is 11.1 Å². The molecule has 0 spiro atoms. The third-order valence-corrected chi connectivity index (χ3v) is 6.39. The number of benzene rings is 2. The summed E-state index contributed by atoms with van der Waals surface area (Å²) in [4.78, 5) is 18.0. The van der Waals surface area contributed by atoms with E-state index in [4.69, 9.17) is 15.5 Å². The maximum absolute atomic E-state index is 14.2. The van der Waals surface area contributed by atoms with Crippen LogP contribution in [-0.2, 0) is 18.2 Å². The van der Waals surface area contributed by atoms with E-state index >= 15 is 0 Å². The number of nitrogen functional groups attached to an aromatic ring is 1. The Labute approximate surface area is 245 Å². The SMILES string of the molecule is Cc1ccc(-c2ccc(C#CC(C)(C)C)nc2C(Cc2cc(F)cc(F)c2)NC(=O)OC(C)(C)C)c2c1c(N)nn2C. The fourth-order valence-electron chi connectivity index (χ4n) is 4.75. The van der Waals surface area contributed by atoms with E-state index in [0.717, 1.165) is 28.1 Å². The number of amides is 1. The first kappa shape index (κ1) is 30.5. The van der Waals surface area contributed by atoms with Gasteiger partial charge in [-0.3, -0.25) is 4.68 Å². The fraction of sp³-hybridized carbons (Fsp3) is 0.364. The van der Waals surface area contributed by atoms with Crippen molar-refractivity contribution in [3.05, 3.63) is 76.6 Å². The van der Waals surface area contributed by atoms with E-state index in [-0.39, 0.29) is 11.8 Å². The number of ether oxygens (including phenoxy) is 1. The van der Waals surface area contributed by atoms with Crippen LogP contribution in [-0.4, -0.2) is 26.5 Å². The third-order valence-electron chi connectivity index (χ3n) is 6.39. The average molecular weight is 574 g/mol. The standard InChI is InChI=1S/C33H37F2N5O2/c1-19-9-11-25(29-27(19)30(36)39-40(29)8)24-12-10-23(13-14-32(2,3)4)37-28(24)26(38-31(41)42-33(5,6)7)17-20-15-21(34)18-22(35)16-20/h9-12,15-16,18,26H,17H2,1-8H3,(H2,36,39)(H,38,41). The molecule has 1 atom stereocenters. The lowest BCUT2D eigenvalue weighted by molar-refractivity contribution is 0.0502. The molecule has 0 radical (unpaired) electrons. The molecule has 0 aliphatic carbocycles. The lowest BCUT2D eigenvalue weighted by atomic mass is 9.93. The first-order valence-corrected chi connectivity index (χ1v) is 13.7. The van der Waals surface area contributed by atoms with Gasteiger partial charge in [0.2, 0.25) is 0 Å². The summed E-state index contributed by atoms with van der Waals surface area (Å²) in [5, 5.41) is 8.15. The van der Waals surface area contributed by atoms with E-state index in [0.29, 0.717) is 28.3 Å².